The molecular weight excluding hydrogens is 391 g/mol. The van der Waals surface area contributed by atoms with Crippen LogP contribution in [-0.2, 0) is 16.4 Å². The average Bonchev–Trinajstić information content (AvgIpc) is 2.73. The summed E-state index contributed by atoms with van der Waals surface area (Å²) in [4.78, 5) is 12.2. The first kappa shape index (κ1) is 20.5. The number of amides is 1. The molecule has 0 spiro atoms. The van der Waals surface area contributed by atoms with Crippen molar-refractivity contribution in [2.45, 2.75) is 17.7 Å². The Morgan fingerprint density at radius 1 is 0.897 bits per heavy atom. The Morgan fingerprint density at radius 2 is 1.62 bits per heavy atom. The van der Waals surface area contributed by atoms with Gasteiger partial charge in [-0.15, -0.1) is 0 Å². The van der Waals surface area contributed by atoms with Crippen LogP contribution in [-0.4, -0.2) is 20.9 Å². The van der Waals surface area contributed by atoms with E-state index in [0.29, 0.717) is 6.54 Å². The summed E-state index contributed by atoms with van der Waals surface area (Å²) in [5, 5.41) is 2.79. The number of benzene rings is 3. The maximum Gasteiger partial charge on any atom is 0.262 e. The molecule has 0 heterocycles. The number of aryl methyl sites for hydroxylation is 1. The van der Waals surface area contributed by atoms with Gasteiger partial charge in [-0.25, -0.2) is 12.8 Å². The van der Waals surface area contributed by atoms with Crippen LogP contribution < -0.4 is 10.0 Å². The molecule has 2 N–H and O–H groups in total. The molecule has 5 nitrogen and oxygen atoms in total. The van der Waals surface area contributed by atoms with Crippen LogP contribution in [0.25, 0.3) is 0 Å². The lowest BCUT2D eigenvalue weighted by atomic mass is 10.1. The molecular formula is C22H21FN2O3S. The molecule has 0 saturated heterocycles. The molecule has 0 radical (unpaired) electrons. The first-order valence-corrected chi connectivity index (χ1v) is 10.6. The monoisotopic (exact) mass is 412 g/mol. The minimum absolute atomic E-state index is 0.113. The van der Waals surface area contributed by atoms with Gasteiger partial charge in [-0.05, 0) is 48.7 Å². The van der Waals surface area contributed by atoms with Crippen LogP contribution in [0.1, 0.15) is 22.3 Å². The molecule has 0 aliphatic heterocycles. The van der Waals surface area contributed by atoms with Gasteiger partial charge in [-0.3, -0.25) is 9.52 Å². The van der Waals surface area contributed by atoms with Gasteiger partial charge in [-0.1, -0.05) is 48.5 Å². The molecule has 3 aromatic carbocycles. The van der Waals surface area contributed by atoms with E-state index in [1.807, 2.05) is 30.3 Å². The van der Waals surface area contributed by atoms with Crippen molar-refractivity contribution in [3.63, 3.8) is 0 Å². The van der Waals surface area contributed by atoms with Crippen molar-refractivity contribution in [1.29, 1.82) is 0 Å². The number of halogens is 1. The Bertz CT molecular complexity index is 1090. The van der Waals surface area contributed by atoms with E-state index in [-0.39, 0.29) is 22.1 Å². The number of carbonyl (C=O) groups is 1. The van der Waals surface area contributed by atoms with Crippen molar-refractivity contribution in [3.8, 4) is 0 Å². The van der Waals surface area contributed by atoms with E-state index >= 15 is 0 Å². The van der Waals surface area contributed by atoms with Gasteiger partial charge >= 0.3 is 0 Å². The zero-order chi connectivity index (χ0) is 20.7. The average molecular weight is 412 g/mol. The quantitative estimate of drug-likeness (QED) is 0.550. The number of anilines is 1. The molecule has 7 heteroatoms. The third kappa shape index (κ3) is 5.65. The Balaban J connectivity index is 1.62. The van der Waals surface area contributed by atoms with Gasteiger partial charge in [0.25, 0.3) is 15.9 Å². The second-order valence-corrected chi connectivity index (χ2v) is 8.14. The standard InChI is InChI=1S/C22H21FN2O3S/c23-20-13-4-5-14-21(20)25-29(27,28)19-12-6-11-18(16-19)22(26)24-15-7-10-17-8-2-1-3-9-17/h1-6,8-9,11-14,16,25H,7,10,15H2,(H,24,26). The molecule has 0 aromatic heterocycles. The fourth-order valence-electron chi connectivity index (χ4n) is 2.79. The molecule has 0 unspecified atom stereocenters. The van der Waals surface area contributed by atoms with Crippen LogP contribution in [0.2, 0.25) is 0 Å². The SMILES string of the molecule is O=C(NCCCc1ccccc1)c1cccc(S(=O)(=O)Nc2ccccc2F)c1. The maximum absolute atomic E-state index is 13.7. The Morgan fingerprint density at radius 3 is 2.38 bits per heavy atom. The van der Waals surface area contributed by atoms with E-state index in [1.165, 1.54) is 48.0 Å². The third-order valence-electron chi connectivity index (χ3n) is 4.30. The summed E-state index contributed by atoms with van der Waals surface area (Å²) in [6, 6.07) is 21.1. The summed E-state index contributed by atoms with van der Waals surface area (Å²) in [7, 11) is -4.02. The lowest BCUT2D eigenvalue weighted by molar-refractivity contribution is 0.0953. The summed E-state index contributed by atoms with van der Waals surface area (Å²) in [5.74, 6) is -1.04. The van der Waals surface area contributed by atoms with Crippen LogP contribution in [0.5, 0.6) is 0 Å². The molecule has 0 saturated carbocycles. The largest absolute Gasteiger partial charge is 0.352 e. The van der Waals surface area contributed by atoms with Gasteiger partial charge in [0, 0.05) is 12.1 Å². The minimum atomic E-state index is -4.02. The van der Waals surface area contributed by atoms with Crippen LogP contribution in [0.3, 0.4) is 0 Å². The van der Waals surface area contributed by atoms with E-state index in [1.54, 1.807) is 0 Å². The van der Waals surface area contributed by atoms with E-state index in [0.717, 1.165) is 18.9 Å². The summed E-state index contributed by atoms with van der Waals surface area (Å²) in [6.07, 6.45) is 1.60. The maximum atomic E-state index is 13.7. The van der Waals surface area contributed by atoms with Crippen LogP contribution in [0, 0.1) is 5.82 Å². The second kappa shape index (κ2) is 9.34. The number of rotatable bonds is 8. The molecule has 1 amide bonds. The molecule has 3 aromatic rings. The van der Waals surface area contributed by atoms with Gasteiger partial charge in [-0.2, -0.15) is 0 Å². The normalized spacial score (nSPS) is 11.1. The molecule has 29 heavy (non-hydrogen) atoms. The number of nitrogens with one attached hydrogen (secondary N) is 2. The summed E-state index contributed by atoms with van der Waals surface area (Å²) < 4.78 is 41.0. The fourth-order valence-corrected chi connectivity index (χ4v) is 3.91. The van der Waals surface area contributed by atoms with E-state index < -0.39 is 15.8 Å². The Kier molecular flexibility index (Phi) is 6.61. The first-order chi connectivity index (χ1) is 14.0. The van der Waals surface area contributed by atoms with E-state index in [4.69, 9.17) is 0 Å². The van der Waals surface area contributed by atoms with Crippen molar-refractivity contribution in [2.75, 3.05) is 11.3 Å². The molecule has 0 bridgehead atoms. The molecule has 0 fully saturated rings. The van der Waals surface area contributed by atoms with E-state index in [2.05, 4.69) is 10.0 Å². The fraction of sp³-hybridized carbons (Fsp3) is 0.136. The van der Waals surface area contributed by atoms with Crippen molar-refractivity contribution < 1.29 is 17.6 Å². The highest BCUT2D eigenvalue weighted by Crippen LogP contribution is 2.19. The number of hydrogen-bond acceptors (Lipinski definition) is 3. The third-order valence-corrected chi connectivity index (χ3v) is 5.66. The second-order valence-electron chi connectivity index (χ2n) is 6.46. The lowest BCUT2D eigenvalue weighted by Gasteiger charge is -2.10. The molecule has 0 aliphatic rings. The summed E-state index contributed by atoms with van der Waals surface area (Å²) >= 11 is 0. The summed E-state index contributed by atoms with van der Waals surface area (Å²) in [6.45, 7) is 0.470. The highest BCUT2D eigenvalue weighted by Gasteiger charge is 2.18. The van der Waals surface area contributed by atoms with Crippen LogP contribution in [0.15, 0.2) is 83.8 Å². The van der Waals surface area contributed by atoms with Crippen LogP contribution >= 0.6 is 0 Å². The highest BCUT2D eigenvalue weighted by atomic mass is 32.2. The molecule has 0 aliphatic carbocycles. The molecule has 150 valence electrons. The molecule has 3 rings (SSSR count). The van der Waals surface area contributed by atoms with Gasteiger partial charge < -0.3 is 5.32 Å². The Hall–Kier alpha value is -3.19. The predicted molar refractivity (Wildman–Crippen MR) is 111 cm³/mol. The van der Waals surface area contributed by atoms with Crippen molar-refractivity contribution in [1.82, 2.24) is 5.32 Å². The number of hydrogen-bond donors (Lipinski definition) is 2. The minimum Gasteiger partial charge on any atom is -0.352 e. The first-order valence-electron chi connectivity index (χ1n) is 9.15. The molecule has 0 atom stereocenters. The topological polar surface area (TPSA) is 75.3 Å². The van der Waals surface area contributed by atoms with Crippen LogP contribution in [0.4, 0.5) is 10.1 Å². The van der Waals surface area contributed by atoms with Crippen molar-refractivity contribution >= 4 is 21.6 Å². The summed E-state index contributed by atoms with van der Waals surface area (Å²) in [5.41, 5.74) is 1.26. The zero-order valence-electron chi connectivity index (χ0n) is 15.6. The van der Waals surface area contributed by atoms with Gasteiger partial charge in [0.2, 0.25) is 0 Å². The van der Waals surface area contributed by atoms with Gasteiger partial charge in [0.1, 0.15) is 5.82 Å². The van der Waals surface area contributed by atoms with Gasteiger partial charge in [0.05, 0.1) is 10.6 Å². The lowest BCUT2D eigenvalue weighted by Crippen LogP contribution is -2.25. The van der Waals surface area contributed by atoms with Gasteiger partial charge in [0.15, 0.2) is 0 Å². The number of carbonyl (C=O) groups excluding carboxylic acids is 1. The predicted octanol–water partition coefficient (Wildman–Crippen LogP) is 3.99. The number of para-hydroxylation sites is 1. The number of sulfonamides is 1. The van der Waals surface area contributed by atoms with E-state index in [9.17, 15) is 17.6 Å². The zero-order valence-corrected chi connectivity index (χ0v) is 16.5. The highest BCUT2D eigenvalue weighted by molar-refractivity contribution is 7.92. The Labute approximate surface area is 169 Å². The van der Waals surface area contributed by atoms with Crippen molar-refractivity contribution in [2.24, 2.45) is 0 Å². The van der Waals surface area contributed by atoms with Crippen molar-refractivity contribution in [3.05, 3.63) is 95.8 Å². The smallest absolute Gasteiger partial charge is 0.262 e.